The molecule has 1 aromatic rings. The van der Waals surface area contributed by atoms with Crippen LogP contribution < -0.4 is 4.74 Å². The first-order valence-electron chi connectivity index (χ1n) is 8.29. The van der Waals surface area contributed by atoms with Crippen molar-refractivity contribution in [1.82, 2.24) is 9.80 Å². The van der Waals surface area contributed by atoms with Crippen molar-refractivity contribution < 1.29 is 14.3 Å². The average Bonchev–Trinajstić information content (AvgIpc) is 3.07. The summed E-state index contributed by atoms with van der Waals surface area (Å²) in [5, 5.41) is 0. The molecule has 3 rings (SSSR count). The lowest BCUT2D eigenvalue weighted by atomic mass is 10.1. The number of benzene rings is 1. The van der Waals surface area contributed by atoms with Gasteiger partial charge >= 0.3 is 0 Å². The minimum Gasteiger partial charge on any atom is -0.493 e. The maximum atomic E-state index is 12.3. The fraction of sp³-hybridized carbons (Fsp3) is 0.368. The van der Waals surface area contributed by atoms with Gasteiger partial charge in [-0.1, -0.05) is 12.1 Å². The second-order valence-electron chi connectivity index (χ2n) is 6.00. The predicted octanol–water partition coefficient (Wildman–Crippen LogP) is 1.88. The fourth-order valence-corrected chi connectivity index (χ4v) is 3.01. The van der Waals surface area contributed by atoms with Crippen LogP contribution in [0.4, 0.5) is 0 Å². The molecule has 2 aliphatic rings. The van der Waals surface area contributed by atoms with Gasteiger partial charge < -0.3 is 14.5 Å². The molecule has 5 heteroatoms. The van der Waals surface area contributed by atoms with E-state index in [9.17, 15) is 9.59 Å². The van der Waals surface area contributed by atoms with E-state index in [2.05, 4.69) is 12.6 Å². The molecule has 0 atom stereocenters. The molecular weight excluding hydrogens is 304 g/mol. The Hall–Kier alpha value is -2.56. The monoisotopic (exact) mass is 326 g/mol. The van der Waals surface area contributed by atoms with E-state index in [1.807, 2.05) is 18.2 Å². The molecule has 126 valence electrons. The number of amides is 2. The van der Waals surface area contributed by atoms with E-state index < -0.39 is 0 Å². The van der Waals surface area contributed by atoms with Crippen LogP contribution in [0.3, 0.4) is 0 Å². The Morgan fingerprint density at radius 3 is 2.67 bits per heavy atom. The highest BCUT2D eigenvalue weighted by molar-refractivity contribution is 5.92. The zero-order valence-electron chi connectivity index (χ0n) is 13.7. The maximum Gasteiger partial charge on any atom is 0.246 e. The summed E-state index contributed by atoms with van der Waals surface area (Å²) in [4.78, 5) is 27.7. The number of piperazine rings is 1. The lowest BCUT2D eigenvalue weighted by Crippen LogP contribution is -2.50. The summed E-state index contributed by atoms with van der Waals surface area (Å²) in [6, 6.07) is 5.98. The third-order valence-corrected chi connectivity index (χ3v) is 4.39. The van der Waals surface area contributed by atoms with Gasteiger partial charge in [0.05, 0.1) is 6.61 Å². The second-order valence-corrected chi connectivity index (χ2v) is 6.00. The van der Waals surface area contributed by atoms with E-state index in [1.54, 1.807) is 22.0 Å². The molecule has 1 saturated heterocycles. The number of hydrogen-bond donors (Lipinski definition) is 0. The number of nitrogens with zero attached hydrogens (tertiary/aromatic N) is 2. The standard InChI is InChI=1S/C19H22N2O3/c1-2-3-18(22)20-9-11-21(12-10-20)19(23)7-5-15-4-6-17-16(14-15)8-13-24-17/h2,4-7,14H,1,3,8-13H2/b7-5+. The van der Waals surface area contributed by atoms with Crippen LogP contribution in [0.5, 0.6) is 5.75 Å². The first-order chi connectivity index (χ1) is 11.7. The highest BCUT2D eigenvalue weighted by Crippen LogP contribution is 2.26. The maximum absolute atomic E-state index is 12.3. The van der Waals surface area contributed by atoms with Crippen molar-refractivity contribution in [3.8, 4) is 5.75 Å². The number of hydrogen-bond acceptors (Lipinski definition) is 3. The lowest BCUT2D eigenvalue weighted by Gasteiger charge is -2.34. The van der Waals surface area contributed by atoms with Gasteiger partial charge in [0.2, 0.25) is 11.8 Å². The normalized spacial score (nSPS) is 16.8. The SMILES string of the molecule is C=CCC(=O)N1CCN(C(=O)/C=C/c2ccc3c(c2)CCO3)CC1. The van der Waals surface area contributed by atoms with Crippen LogP contribution >= 0.6 is 0 Å². The molecule has 1 fully saturated rings. The summed E-state index contributed by atoms with van der Waals surface area (Å²) in [7, 11) is 0. The number of ether oxygens (including phenoxy) is 1. The zero-order chi connectivity index (χ0) is 16.9. The Morgan fingerprint density at radius 2 is 1.92 bits per heavy atom. The number of fused-ring (bicyclic) bond motifs is 1. The third kappa shape index (κ3) is 3.67. The van der Waals surface area contributed by atoms with E-state index in [0.717, 1.165) is 24.3 Å². The van der Waals surface area contributed by atoms with E-state index in [4.69, 9.17) is 4.74 Å². The molecule has 0 unspecified atom stereocenters. The lowest BCUT2D eigenvalue weighted by molar-refractivity contribution is -0.136. The highest BCUT2D eigenvalue weighted by atomic mass is 16.5. The minimum atomic E-state index is -0.0115. The van der Waals surface area contributed by atoms with Gasteiger partial charge in [0.1, 0.15) is 5.75 Å². The molecule has 5 nitrogen and oxygen atoms in total. The van der Waals surface area contributed by atoms with Gasteiger partial charge in [-0.25, -0.2) is 0 Å². The van der Waals surface area contributed by atoms with Gasteiger partial charge in [-0.2, -0.15) is 0 Å². The molecule has 0 aliphatic carbocycles. The summed E-state index contributed by atoms with van der Waals surface area (Å²) in [5.74, 6) is 1.01. The van der Waals surface area contributed by atoms with Gasteiger partial charge in [0.25, 0.3) is 0 Å². The van der Waals surface area contributed by atoms with E-state index in [0.29, 0.717) is 32.6 Å². The largest absolute Gasteiger partial charge is 0.493 e. The molecule has 2 aliphatic heterocycles. The molecular formula is C19H22N2O3. The summed E-state index contributed by atoms with van der Waals surface area (Å²) < 4.78 is 5.48. The van der Waals surface area contributed by atoms with Crippen LogP contribution in [0.15, 0.2) is 36.9 Å². The smallest absolute Gasteiger partial charge is 0.246 e. The van der Waals surface area contributed by atoms with Crippen LogP contribution in [0.1, 0.15) is 17.5 Å². The summed E-state index contributed by atoms with van der Waals surface area (Å²) in [6.45, 7) is 6.64. The van der Waals surface area contributed by atoms with Crippen molar-refractivity contribution in [2.45, 2.75) is 12.8 Å². The number of carbonyl (C=O) groups is 2. The Morgan fingerprint density at radius 1 is 1.17 bits per heavy atom. The van der Waals surface area contributed by atoms with Crippen LogP contribution in [0.2, 0.25) is 0 Å². The van der Waals surface area contributed by atoms with Gasteiger partial charge in [-0.3, -0.25) is 9.59 Å². The Bertz CT molecular complexity index is 673. The van der Waals surface area contributed by atoms with Crippen molar-refractivity contribution >= 4 is 17.9 Å². The molecule has 1 aromatic carbocycles. The average molecular weight is 326 g/mol. The molecule has 0 N–H and O–H groups in total. The summed E-state index contributed by atoms with van der Waals surface area (Å²) >= 11 is 0. The molecule has 2 heterocycles. The highest BCUT2D eigenvalue weighted by Gasteiger charge is 2.22. The van der Waals surface area contributed by atoms with E-state index in [1.165, 1.54) is 5.56 Å². The topological polar surface area (TPSA) is 49.9 Å². The van der Waals surface area contributed by atoms with Crippen molar-refractivity contribution in [2.75, 3.05) is 32.8 Å². The van der Waals surface area contributed by atoms with Crippen LogP contribution in [-0.4, -0.2) is 54.4 Å². The van der Waals surface area contributed by atoms with Crippen LogP contribution in [-0.2, 0) is 16.0 Å². The molecule has 24 heavy (non-hydrogen) atoms. The zero-order valence-corrected chi connectivity index (χ0v) is 13.7. The second kappa shape index (κ2) is 7.34. The van der Waals surface area contributed by atoms with Gasteiger partial charge in [-0.05, 0) is 29.3 Å². The fourth-order valence-electron chi connectivity index (χ4n) is 3.01. The van der Waals surface area contributed by atoms with E-state index in [-0.39, 0.29) is 11.8 Å². The predicted molar refractivity (Wildman–Crippen MR) is 92.6 cm³/mol. The van der Waals surface area contributed by atoms with Gasteiger partial charge in [0.15, 0.2) is 0 Å². The van der Waals surface area contributed by atoms with Crippen molar-refractivity contribution in [3.05, 3.63) is 48.1 Å². The van der Waals surface area contributed by atoms with E-state index >= 15 is 0 Å². The summed E-state index contributed by atoms with van der Waals surface area (Å²) in [6.07, 6.45) is 6.35. The molecule has 0 aromatic heterocycles. The molecule has 0 bridgehead atoms. The summed E-state index contributed by atoms with van der Waals surface area (Å²) in [5.41, 5.74) is 2.20. The van der Waals surface area contributed by atoms with Crippen LogP contribution in [0, 0.1) is 0 Å². The van der Waals surface area contributed by atoms with Crippen LogP contribution in [0.25, 0.3) is 6.08 Å². The van der Waals surface area contributed by atoms with Gasteiger partial charge in [-0.15, -0.1) is 6.58 Å². The Kier molecular flexibility index (Phi) is 4.99. The number of rotatable bonds is 4. The third-order valence-electron chi connectivity index (χ3n) is 4.39. The van der Waals surface area contributed by atoms with Crippen molar-refractivity contribution in [1.29, 1.82) is 0 Å². The molecule has 2 amide bonds. The Labute approximate surface area is 142 Å². The minimum absolute atomic E-state index is 0.0115. The van der Waals surface area contributed by atoms with Crippen molar-refractivity contribution in [2.24, 2.45) is 0 Å². The van der Waals surface area contributed by atoms with Crippen molar-refractivity contribution in [3.63, 3.8) is 0 Å². The Balaban J connectivity index is 1.54. The number of carbonyl (C=O) groups excluding carboxylic acids is 2. The quantitative estimate of drug-likeness (QED) is 0.627. The molecule has 0 saturated carbocycles. The first kappa shape index (κ1) is 16.3. The first-order valence-corrected chi connectivity index (χ1v) is 8.29. The molecule has 0 spiro atoms. The van der Waals surface area contributed by atoms with Gasteiger partial charge in [0, 0.05) is 45.1 Å². The molecule has 0 radical (unpaired) electrons.